The van der Waals surface area contributed by atoms with Crippen LogP contribution < -0.4 is 5.73 Å². The number of rotatable bonds is 3. The van der Waals surface area contributed by atoms with E-state index in [4.69, 9.17) is 10.3 Å². The van der Waals surface area contributed by atoms with Crippen molar-refractivity contribution in [1.82, 2.24) is 10.1 Å². The molecule has 0 aliphatic heterocycles. The van der Waals surface area contributed by atoms with Crippen LogP contribution in [0, 0.1) is 0 Å². The van der Waals surface area contributed by atoms with E-state index in [0.717, 1.165) is 6.26 Å². The summed E-state index contributed by atoms with van der Waals surface area (Å²) in [6.45, 7) is 1.52. The summed E-state index contributed by atoms with van der Waals surface area (Å²) in [5, 5.41) is 2.90. The molecule has 0 saturated carbocycles. The van der Waals surface area contributed by atoms with Gasteiger partial charge in [-0.1, -0.05) is 5.16 Å². The van der Waals surface area contributed by atoms with E-state index in [1.165, 1.54) is 6.92 Å². The topological polar surface area (TPSA) is 99.1 Å². The molecular formula is C11H12BrN3O3S. The minimum Gasteiger partial charge on any atom is -0.398 e. The Kier molecular flexibility index (Phi) is 3.64. The van der Waals surface area contributed by atoms with Crippen molar-refractivity contribution in [2.75, 3.05) is 12.0 Å². The van der Waals surface area contributed by atoms with Crippen molar-refractivity contribution < 1.29 is 12.9 Å². The van der Waals surface area contributed by atoms with Gasteiger partial charge in [0.05, 0.1) is 0 Å². The molecule has 0 radical (unpaired) electrons. The second-order valence-corrected chi connectivity index (χ2v) is 7.39. The number of benzene rings is 1. The average Bonchev–Trinajstić information content (AvgIpc) is 2.79. The van der Waals surface area contributed by atoms with E-state index < -0.39 is 15.1 Å². The molecule has 0 bridgehead atoms. The van der Waals surface area contributed by atoms with Crippen molar-refractivity contribution in [1.29, 1.82) is 0 Å². The van der Waals surface area contributed by atoms with Gasteiger partial charge >= 0.3 is 0 Å². The lowest BCUT2D eigenvalue weighted by atomic mass is 10.2. The molecule has 1 aromatic heterocycles. The highest BCUT2D eigenvalue weighted by Crippen LogP contribution is 2.27. The normalized spacial score (nSPS) is 13.4. The lowest BCUT2D eigenvalue weighted by Crippen LogP contribution is -2.09. The lowest BCUT2D eigenvalue weighted by molar-refractivity contribution is 0.421. The Labute approximate surface area is 119 Å². The first kappa shape index (κ1) is 14.0. The van der Waals surface area contributed by atoms with Crippen LogP contribution in [0.1, 0.15) is 18.0 Å². The lowest BCUT2D eigenvalue weighted by Gasteiger charge is -2.02. The van der Waals surface area contributed by atoms with Crippen molar-refractivity contribution >= 4 is 31.5 Å². The summed E-state index contributed by atoms with van der Waals surface area (Å²) >= 11 is 3.30. The number of sulfone groups is 1. The Morgan fingerprint density at radius 1 is 1.42 bits per heavy atom. The van der Waals surface area contributed by atoms with E-state index in [9.17, 15) is 8.42 Å². The van der Waals surface area contributed by atoms with Crippen LogP contribution in [0.5, 0.6) is 0 Å². The SMILES string of the molecule is CC(c1noc(-c2ccc(N)c(Br)c2)n1)S(C)(=O)=O. The predicted molar refractivity (Wildman–Crippen MR) is 75.1 cm³/mol. The molecule has 102 valence electrons. The van der Waals surface area contributed by atoms with Gasteiger partial charge in [0.1, 0.15) is 5.25 Å². The molecule has 1 aromatic carbocycles. The summed E-state index contributed by atoms with van der Waals surface area (Å²) in [7, 11) is -3.25. The molecule has 8 heteroatoms. The maximum Gasteiger partial charge on any atom is 0.258 e. The maximum absolute atomic E-state index is 11.4. The first-order chi connectivity index (χ1) is 8.79. The molecule has 1 unspecified atom stereocenters. The van der Waals surface area contributed by atoms with E-state index in [-0.39, 0.29) is 11.7 Å². The Morgan fingerprint density at radius 2 is 2.11 bits per heavy atom. The molecule has 0 saturated heterocycles. The highest BCUT2D eigenvalue weighted by Gasteiger charge is 2.23. The van der Waals surface area contributed by atoms with Crippen LogP contribution in [0.15, 0.2) is 27.2 Å². The number of nitrogens with zero attached hydrogens (tertiary/aromatic N) is 2. The van der Waals surface area contributed by atoms with Gasteiger partial charge in [0.15, 0.2) is 15.7 Å². The van der Waals surface area contributed by atoms with Crippen LogP contribution in [-0.4, -0.2) is 24.8 Å². The van der Waals surface area contributed by atoms with E-state index in [2.05, 4.69) is 26.1 Å². The Balaban J connectivity index is 2.38. The number of aromatic nitrogens is 2. The van der Waals surface area contributed by atoms with Gasteiger partial charge in [-0.25, -0.2) is 8.42 Å². The number of nitrogen functional groups attached to an aromatic ring is 1. The number of hydrogen-bond donors (Lipinski definition) is 1. The summed E-state index contributed by atoms with van der Waals surface area (Å²) in [6.07, 6.45) is 1.13. The quantitative estimate of drug-likeness (QED) is 0.856. The molecule has 2 N–H and O–H groups in total. The summed E-state index contributed by atoms with van der Waals surface area (Å²) < 4.78 is 28.6. The van der Waals surface area contributed by atoms with E-state index in [1.54, 1.807) is 18.2 Å². The fourth-order valence-electron chi connectivity index (χ4n) is 1.37. The van der Waals surface area contributed by atoms with Crippen molar-refractivity contribution in [2.45, 2.75) is 12.2 Å². The molecular weight excluding hydrogens is 334 g/mol. The molecule has 2 rings (SSSR count). The largest absolute Gasteiger partial charge is 0.398 e. The molecule has 2 aromatic rings. The van der Waals surface area contributed by atoms with Crippen LogP contribution in [0.3, 0.4) is 0 Å². The first-order valence-corrected chi connectivity index (χ1v) is 8.11. The summed E-state index contributed by atoms with van der Waals surface area (Å²) in [5.41, 5.74) is 6.94. The molecule has 0 aliphatic carbocycles. The summed E-state index contributed by atoms with van der Waals surface area (Å²) in [4.78, 5) is 4.10. The van der Waals surface area contributed by atoms with Gasteiger partial charge < -0.3 is 10.3 Å². The van der Waals surface area contributed by atoms with Crippen molar-refractivity contribution in [3.8, 4) is 11.5 Å². The minimum atomic E-state index is -3.25. The second kappa shape index (κ2) is 4.93. The van der Waals surface area contributed by atoms with Gasteiger partial charge in [-0.3, -0.25) is 0 Å². The van der Waals surface area contributed by atoms with Crippen LogP contribution in [0.4, 0.5) is 5.69 Å². The van der Waals surface area contributed by atoms with E-state index in [0.29, 0.717) is 15.7 Å². The summed E-state index contributed by atoms with van der Waals surface area (Å²) in [5.74, 6) is 0.400. The molecule has 19 heavy (non-hydrogen) atoms. The average molecular weight is 346 g/mol. The smallest absolute Gasteiger partial charge is 0.258 e. The van der Waals surface area contributed by atoms with Gasteiger partial charge in [0, 0.05) is 22.0 Å². The molecule has 0 spiro atoms. The van der Waals surface area contributed by atoms with Crippen LogP contribution in [0.2, 0.25) is 0 Å². The molecule has 0 fully saturated rings. The monoisotopic (exact) mass is 345 g/mol. The van der Waals surface area contributed by atoms with Crippen molar-refractivity contribution in [3.63, 3.8) is 0 Å². The summed E-state index contributed by atoms with van der Waals surface area (Å²) in [6, 6.07) is 5.16. The third-order valence-corrected chi connectivity index (χ3v) is 4.88. The van der Waals surface area contributed by atoms with Gasteiger partial charge in [0.2, 0.25) is 0 Å². The minimum absolute atomic E-state index is 0.144. The zero-order valence-corrected chi connectivity index (χ0v) is 12.7. The highest BCUT2D eigenvalue weighted by atomic mass is 79.9. The van der Waals surface area contributed by atoms with E-state index in [1.807, 2.05) is 0 Å². The first-order valence-electron chi connectivity index (χ1n) is 5.37. The highest BCUT2D eigenvalue weighted by molar-refractivity contribution is 9.10. The van der Waals surface area contributed by atoms with Gasteiger partial charge in [-0.2, -0.15) is 4.98 Å². The third kappa shape index (κ3) is 2.95. The van der Waals surface area contributed by atoms with Crippen molar-refractivity contribution in [2.24, 2.45) is 0 Å². The fraction of sp³-hybridized carbons (Fsp3) is 0.273. The Hall–Kier alpha value is -1.41. The standard InChI is InChI=1S/C11H12BrN3O3S/c1-6(19(2,16)17)10-14-11(18-15-10)7-3-4-9(13)8(12)5-7/h3-6H,13H2,1-2H3. The molecule has 1 heterocycles. The number of hydrogen-bond acceptors (Lipinski definition) is 6. The van der Waals surface area contributed by atoms with Gasteiger partial charge in [-0.15, -0.1) is 0 Å². The third-order valence-electron chi connectivity index (χ3n) is 2.69. The zero-order chi connectivity index (χ0) is 14.2. The molecule has 6 nitrogen and oxygen atoms in total. The number of anilines is 1. The Morgan fingerprint density at radius 3 is 2.68 bits per heavy atom. The molecule has 0 amide bonds. The number of nitrogens with two attached hydrogens (primary N) is 1. The maximum atomic E-state index is 11.4. The zero-order valence-electron chi connectivity index (χ0n) is 10.3. The van der Waals surface area contributed by atoms with Crippen molar-refractivity contribution in [3.05, 3.63) is 28.5 Å². The predicted octanol–water partition coefficient (Wildman–Crippen LogP) is 2.19. The van der Waals surface area contributed by atoms with Crippen LogP contribution in [-0.2, 0) is 9.84 Å². The van der Waals surface area contributed by atoms with Gasteiger partial charge in [0.25, 0.3) is 5.89 Å². The second-order valence-electron chi connectivity index (χ2n) is 4.17. The molecule has 1 atom stereocenters. The van der Waals surface area contributed by atoms with Crippen LogP contribution in [0.25, 0.3) is 11.5 Å². The number of halogens is 1. The van der Waals surface area contributed by atoms with Gasteiger partial charge in [-0.05, 0) is 41.1 Å². The van der Waals surface area contributed by atoms with Crippen LogP contribution >= 0.6 is 15.9 Å². The van der Waals surface area contributed by atoms with E-state index >= 15 is 0 Å². The Bertz CT molecular complexity index is 712. The molecule has 0 aliphatic rings. The fourth-order valence-corrected chi connectivity index (χ4v) is 2.23.